The zero-order valence-electron chi connectivity index (χ0n) is 7.28. The molecule has 0 aliphatic carbocycles. The molecular weight excluding hydrogens is 167 g/mol. The van der Waals surface area contributed by atoms with Gasteiger partial charge in [0.1, 0.15) is 0 Å². The third-order valence-corrected chi connectivity index (χ3v) is 1.17. The predicted octanol–water partition coefficient (Wildman–Crippen LogP) is 2.49. The van der Waals surface area contributed by atoms with Crippen molar-refractivity contribution in [2.45, 2.75) is 32.5 Å². The lowest BCUT2D eigenvalue weighted by molar-refractivity contribution is -0.0800. The molecule has 0 bridgehead atoms. The molecule has 0 aromatic rings. The molecule has 0 amide bonds. The number of allylic oxidation sites excluding steroid dienone is 1. The second kappa shape index (κ2) is 5.19. The molecule has 1 N–H and O–H groups in total. The topological polar surface area (TPSA) is 12.0 Å². The molecule has 0 saturated carbocycles. The number of rotatable bonds is 4. The SMILES string of the molecule is CC(C)NCCC=CC(F)(F)F. The van der Waals surface area contributed by atoms with Crippen molar-refractivity contribution in [2.24, 2.45) is 0 Å². The van der Waals surface area contributed by atoms with Crippen LogP contribution in [0.25, 0.3) is 0 Å². The van der Waals surface area contributed by atoms with Crippen molar-refractivity contribution in [3.05, 3.63) is 12.2 Å². The zero-order chi connectivity index (χ0) is 9.61. The molecule has 4 heteroatoms. The molecule has 0 radical (unpaired) electrons. The minimum absolute atomic E-state index is 0.273. The van der Waals surface area contributed by atoms with Gasteiger partial charge in [-0.05, 0) is 13.0 Å². The summed E-state index contributed by atoms with van der Waals surface area (Å²) >= 11 is 0. The Morgan fingerprint density at radius 3 is 2.33 bits per heavy atom. The van der Waals surface area contributed by atoms with Crippen LogP contribution >= 0.6 is 0 Å². The van der Waals surface area contributed by atoms with Crippen LogP contribution in [0.4, 0.5) is 13.2 Å². The number of halogens is 3. The van der Waals surface area contributed by atoms with E-state index in [0.29, 0.717) is 19.0 Å². The monoisotopic (exact) mass is 181 g/mol. The molecule has 0 aliphatic rings. The molecule has 0 aromatic heterocycles. The fraction of sp³-hybridized carbons (Fsp3) is 0.750. The van der Waals surface area contributed by atoms with Crippen molar-refractivity contribution in [1.82, 2.24) is 5.32 Å². The second-order valence-corrected chi connectivity index (χ2v) is 2.84. The average molecular weight is 181 g/mol. The van der Waals surface area contributed by atoms with Crippen LogP contribution in [0.2, 0.25) is 0 Å². The second-order valence-electron chi connectivity index (χ2n) is 2.84. The van der Waals surface area contributed by atoms with E-state index in [0.717, 1.165) is 6.08 Å². The van der Waals surface area contributed by atoms with Gasteiger partial charge in [0, 0.05) is 12.1 Å². The summed E-state index contributed by atoms with van der Waals surface area (Å²) in [5.74, 6) is 0. The van der Waals surface area contributed by atoms with Gasteiger partial charge in [-0.25, -0.2) is 0 Å². The van der Waals surface area contributed by atoms with E-state index in [-0.39, 0.29) is 6.08 Å². The van der Waals surface area contributed by atoms with Crippen LogP contribution < -0.4 is 5.32 Å². The lowest BCUT2D eigenvalue weighted by Crippen LogP contribution is -2.23. The lowest BCUT2D eigenvalue weighted by atomic mass is 10.3. The van der Waals surface area contributed by atoms with Gasteiger partial charge in [-0.1, -0.05) is 19.9 Å². The van der Waals surface area contributed by atoms with Crippen molar-refractivity contribution in [3.8, 4) is 0 Å². The molecule has 0 aliphatic heterocycles. The number of nitrogens with one attached hydrogen (secondary N) is 1. The van der Waals surface area contributed by atoms with Crippen molar-refractivity contribution in [1.29, 1.82) is 0 Å². The molecule has 0 heterocycles. The normalized spacial score (nSPS) is 13.2. The first kappa shape index (κ1) is 11.5. The number of hydrogen-bond donors (Lipinski definition) is 1. The van der Waals surface area contributed by atoms with E-state index >= 15 is 0 Å². The molecule has 0 unspecified atom stereocenters. The maximum atomic E-state index is 11.5. The Morgan fingerprint density at radius 1 is 1.33 bits per heavy atom. The molecular formula is C8H14F3N. The largest absolute Gasteiger partial charge is 0.409 e. The first-order valence-corrected chi connectivity index (χ1v) is 3.89. The highest BCUT2D eigenvalue weighted by molar-refractivity contribution is 4.88. The Labute approximate surface area is 70.7 Å². The van der Waals surface area contributed by atoms with Crippen molar-refractivity contribution in [2.75, 3.05) is 6.54 Å². The highest BCUT2D eigenvalue weighted by atomic mass is 19.4. The van der Waals surface area contributed by atoms with Gasteiger partial charge < -0.3 is 5.32 Å². The van der Waals surface area contributed by atoms with Crippen LogP contribution in [0.15, 0.2) is 12.2 Å². The highest BCUT2D eigenvalue weighted by Gasteiger charge is 2.21. The quantitative estimate of drug-likeness (QED) is 0.519. The van der Waals surface area contributed by atoms with Crippen LogP contribution in [0.1, 0.15) is 20.3 Å². The Hall–Kier alpha value is -0.510. The maximum absolute atomic E-state index is 11.5. The van der Waals surface area contributed by atoms with E-state index in [9.17, 15) is 13.2 Å². The maximum Gasteiger partial charge on any atom is 0.409 e. The standard InChI is InChI=1S/C8H14F3N/c1-7(2)12-6-4-3-5-8(9,10)11/h3,5,7,12H,4,6H2,1-2H3. The Balaban J connectivity index is 3.37. The van der Waals surface area contributed by atoms with Gasteiger partial charge >= 0.3 is 6.18 Å². The van der Waals surface area contributed by atoms with E-state index in [1.165, 1.54) is 0 Å². The fourth-order valence-corrected chi connectivity index (χ4v) is 0.672. The fourth-order valence-electron chi connectivity index (χ4n) is 0.672. The number of hydrogen-bond acceptors (Lipinski definition) is 1. The van der Waals surface area contributed by atoms with Gasteiger partial charge in [0.25, 0.3) is 0 Å². The third kappa shape index (κ3) is 9.49. The highest BCUT2D eigenvalue weighted by Crippen LogP contribution is 2.15. The zero-order valence-corrected chi connectivity index (χ0v) is 7.28. The number of alkyl halides is 3. The minimum Gasteiger partial charge on any atom is -0.314 e. The Morgan fingerprint density at radius 2 is 1.92 bits per heavy atom. The van der Waals surface area contributed by atoms with Crippen LogP contribution in [0, 0.1) is 0 Å². The molecule has 0 aromatic carbocycles. The lowest BCUT2D eigenvalue weighted by Gasteiger charge is -2.05. The molecule has 72 valence electrons. The average Bonchev–Trinajstić information content (AvgIpc) is 1.83. The van der Waals surface area contributed by atoms with E-state index in [1.54, 1.807) is 0 Å². The summed E-state index contributed by atoms with van der Waals surface area (Å²) in [7, 11) is 0. The predicted molar refractivity (Wildman–Crippen MR) is 43.0 cm³/mol. The van der Waals surface area contributed by atoms with Gasteiger partial charge in [-0.3, -0.25) is 0 Å². The summed E-state index contributed by atoms with van der Waals surface area (Å²) < 4.78 is 34.6. The molecule has 12 heavy (non-hydrogen) atoms. The van der Waals surface area contributed by atoms with E-state index < -0.39 is 6.18 Å². The van der Waals surface area contributed by atoms with Crippen molar-refractivity contribution < 1.29 is 13.2 Å². The summed E-state index contributed by atoms with van der Waals surface area (Å²) in [5, 5.41) is 3.01. The van der Waals surface area contributed by atoms with Crippen molar-refractivity contribution >= 4 is 0 Å². The minimum atomic E-state index is -4.17. The van der Waals surface area contributed by atoms with Crippen LogP contribution in [-0.4, -0.2) is 18.8 Å². The van der Waals surface area contributed by atoms with Crippen LogP contribution in [-0.2, 0) is 0 Å². The van der Waals surface area contributed by atoms with Gasteiger partial charge in [0.15, 0.2) is 0 Å². The van der Waals surface area contributed by atoms with Crippen LogP contribution in [0.5, 0.6) is 0 Å². The van der Waals surface area contributed by atoms with Gasteiger partial charge in [-0.2, -0.15) is 13.2 Å². The first-order valence-electron chi connectivity index (χ1n) is 3.89. The molecule has 0 saturated heterocycles. The Kier molecular flexibility index (Phi) is 4.97. The summed E-state index contributed by atoms with van der Waals surface area (Å²) in [5.41, 5.74) is 0. The Bertz CT molecular complexity index is 138. The van der Waals surface area contributed by atoms with E-state index in [1.807, 2.05) is 13.8 Å². The van der Waals surface area contributed by atoms with Gasteiger partial charge in [0.05, 0.1) is 0 Å². The van der Waals surface area contributed by atoms with E-state index in [2.05, 4.69) is 5.32 Å². The molecule has 0 spiro atoms. The summed E-state index contributed by atoms with van der Waals surface area (Å²) in [6, 6.07) is 0.323. The van der Waals surface area contributed by atoms with Gasteiger partial charge in [0.2, 0.25) is 0 Å². The summed E-state index contributed by atoms with van der Waals surface area (Å²) in [6.07, 6.45) is -2.35. The van der Waals surface area contributed by atoms with Crippen LogP contribution in [0.3, 0.4) is 0 Å². The molecule has 1 nitrogen and oxygen atoms in total. The summed E-state index contributed by atoms with van der Waals surface area (Å²) in [4.78, 5) is 0. The van der Waals surface area contributed by atoms with Gasteiger partial charge in [-0.15, -0.1) is 0 Å². The van der Waals surface area contributed by atoms with E-state index in [4.69, 9.17) is 0 Å². The first-order chi connectivity index (χ1) is 5.42. The molecule has 0 rings (SSSR count). The van der Waals surface area contributed by atoms with Crippen molar-refractivity contribution in [3.63, 3.8) is 0 Å². The molecule has 0 fully saturated rings. The third-order valence-electron chi connectivity index (χ3n) is 1.17. The molecule has 0 atom stereocenters. The summed E-state index contributed by atoms with van der Waals surface area (Å²) in [6.45, 7) is 4.49. The smallest absolute Gasteiger partial charge is 0.314 e.